The number of carbonyl (C=O) groups excluding carboxylic acids is 1. The Morgan fingerprint density at radius 1 is 1.03 bits per heavy atom. The molecular weight excluding hydrogens is 386 g/mol. The third-order valence-corrected chi connectivity index (χ3v) is 5.09. The first-order valence-electron chi connectivity index (χ1n) is 9.14. The summed E-state index contributed by atoms with van der Waals surface area (Å²) < 4.78 is 1.59. The molecule has 0 fully saturated rings. The van der Waals surface area contributed by atoms with Crippen LogP contribution < -0.4 is 10.9 Å². The molecule has 0 aliphatic heterocycles. The highest BCUT2D eigenvalue weighted by atomic mass is 35.5. The molecule has 0 aliphatic rings. The van der Waals surface area contributed by atoms with Crippen molar-refractivity contribution in [2.45, 2.75) is 13.5 Å². The number of benzene rings is 3. The summed E-state index contributed by atoms with van der Waals surface area (Å²) >= 11 is 6.25. The quantitative estimate of drug-likeness (QED) is 0.539. The first-order chi connectivity index (χ1) is 14.0. The molecule has 3 aromatic carbocycles. The van der Waals surface area contributed by atoms with E-state index in [1.165, 1.54) is 0 Å². The second-order valence-corrected chi connectivity index (χ2v) is 7.10. The molecule has 4 rings (SSSR count). The number of nitrogens with one attached hydrogen (secondary N) is 1. The number of halogens is 1. The van der Waals surface area contributed by atoms with Crippen molar-refractivity contribution in [2.24, 2.45) is 0 Å². The van der Waals surface area contributed by atoms with Crippen molar-refractivity contribution in [1.29, 1.82) is 0 Å². The molecule has 1 amide bonds. The van der Waals surface area contributed by atoms with Gasteiger partial charge in [0.05, 0.1) is 17.4 Å². The number of hydrogen-bond donors (Lipinski definition) is 1. The van der Waals surface area contributed by atoms with Crippen LogP contribution in [0.3, 0.4) is 0 Å². The van der Waals surface area contributed by atoms with Gasteiger partial charge in [-0.1, -0.05) is 48.0 Å². The Balaban J connectivity index is 1.71. The van der Waals surface area contributed by atoms with Crippen LogP contribution in [-0.4, -0.2) is 15.5 Å². The number of fused-ring (bicyclic) bond motifs is 1. The highest BCUT2D eigenvalue weighted by molar-refractivity contribution is 6.31. The van der Waals surface area contributed by atoms with Gasteiger partial charge in [0.15, 0.2) is 0 Å². The van der Waals surface area contributed by atoms with Gasteiger partial charge in [-0.15, -0.1) is 0 Å². The predicted molar refractivity (Wildman–Crippen MR) is 116 cm³/mol. The lowest BCUT2D eigenvalue weighted by Crippen LogP contribution is -2.24. The number of aromatic nitrogens is 2. The maximum Gasteiger partial charge on any atom is 0.261 e. The first kappa shape index (κ1) is 18.9. The highest BCUT2D eigenvalue weighted by Crippen LogP contribution is 2.19. The van der Waals surface area contributed by atoms with E-state index < -0.39 is 0 Å². The lowest BCUT2D eigenvalue weighted by Gasteiger charge is -2.13. The van der Waals surface area contributed by atoms with Crippen LogP contribution in [0.25, 0.3) is 10.9 Å². The van der Waals surface area contributed by atoms with Gasteiger partial charge in [-0.3, -0.25) is 14.2 Å². The fourth-order valence-electron chi connectivity index (χ4n) is 3.19. The molecule has 1 heterocycles. The van der Waals surface area contributed by atoms with Crippen molar-refractivity contribution in [3.8, 4) is 0 Å². The molecule has 29 heavy (non-hydrogen) atoms. The second kappa shape index (κ2) is 7.89. The van der Waals surface area contributed by atoms with Crippen LogP contribution in [0.15, 0.2) is 77.6 Å². The van der Waals surface area contributed by atoms with Crippen molar-refractivity contribution in [3.05, 3.63) is 105 Å². The zero-order valence-corrected chi connectivity index (χ0v) is 16.5. The molecule has 0 saturated carbocycles. The Morgan fingerprint density at radius 2 is 1.76 bits per heavy atom. The molecule has 1 N–H and O–H groups in total. The van der Waals surface area contributed by atoms with Gasteiger partial charge in [0.25, 0.3) is 11.5 Å². The topological polar surface area (TPSA) is 64.0 Å². The lowest BCUT2D eigenvalue weighted by atomic mass is 10.1. The van der Waals surface area contributed by atoms with Crippen LogP contribution in [-0.2, 0) is 6.54 Å². The fraction of sp³-hybridized carbons (Fsp3) is 0.0870. The van der Waals surface area contributed by atoms with Crippen molar-refractivity contribution in [1.82, 2.24) is 9.55 Å². The number of nitrogens with zero attached hydrogens (tertiary/aromatic N) is 2. The molecule has 0 unspecified atom stereocenters. The molecule has 0 atom stereocenters. The maximum atomic E-state index is 13.1. The number of carbonyl (C=O) groups is 1. The van der Waals surface area contributed by atoms with Crippen LogP contribution in [0.4, 0.5) is 5.69 Å². The van der Waals surface area contributed by atoms with Crippen LogP contribution >= 0.6 is 11.6 Å². The van der Waals surface area contributed by atoms with Crippen LogP contribution in [0, 0.1) is 6.92 Å². The Labute approximate surface area is 172 Å². The molecule has 6 heteroatoms. The predicted octanol–water partition coefficient (Wildman–Crippen LogP) is 4.66. The summed E-state index contributed by atoms with van der Waals surface area (Å²) in [6.07, 6.45) is 0. The molecule has 0 radical (unpaired) electrons. The largest absolute Gasteiger partial charge is 0.322 e. The molecule has 144 valence electrons. The van der Waals surface area contributed by atoms with Crippen molar-refractivity contribution < 1.29 is 4.79 Å². The van der Waals surface area contributed by atoms with Crippen LogP contribution in [0.5, 0.6) is 0 Å². The van der Waals surface area contributed by atoms with Gasteiger partial charge in [-0.05, 0) is 48.9 Å². The maximum absolute atomic E-state index is 13.1. The normalized spacial score (nSPS) is 10.8. The summed E-state index contributed by atoms with van der Waals surface area (Å²) in [6.45, 7) is 2.12. The standard InChI is InChI=1S/C23H18ClN3O2/c1-15-25-21-12-11-18(26-22(28)16-7-3-2-4-8-16)13-19(21)23(29)27(15)14-17-9-5-6-10-20(17)24/h2-13H,14H2,1H3,(H,26,28). The minimum atomic E-state index is -0.235. The van der Waals surface area contributed by atoms with E-state index in [1.807, 2.05) is 24.3 Å². The SMILES string of the molecule is Cc1nc2ccc(NC(=O)c3ccccc3)cc2c(=O)n1Cc1ccccc1Cl. The van der Waals surface area contributed by atoms with E-state index in [1.54, 1.807) is 60.0 Å². The van der Waals surface area contributed by atoms with E-state index in [0.717, 1.165) is 5.56 Å². The van der Waals surface area contributed by atoms with E-state index >= 15 is 0 Å². The summed E-state index contributed by atoms with van der Waals surface area (Å²) in [7, 11) is 0. The smallest absolute Gasteiger partial charge is 0.261 e. The van der Waals surface area contributed by atoms with E-state index in [0.29, 0.717) is 39.5 Å². The third-order valence-electron chi connectivity index (χ3n) is 4.73. The molecule has 1 aromatic heterocycles. The van der Waals surface area contributed by atoms with Gasteiger partial charge in [-0.25, -0.2) is 4.98 Å². The third kappa shape index (κ3) is 3.91. The number of amides is 1. The second-order valence-electron chi connectivity index (χ2n) is 6.69. The van der Waals surface area contributed by atoms with Gasteiger partial charge in [0.2, 0.25) is 0 Å². The molecule has 0 bridgehead atoms. The van der Waals surface area contributed by atoms with E-state index in [2.05, 4.69) is 10.3 Å². The van der Waals surface area contributed by atoms with E-state index in [4.69, 9.17) is 11.6 Å². The monoisotopic (exact) mass is 403 g/mol. The minimum Gasteiger partial charge on any atom is -0.322 e. The minimum absolute atomic E-state index is 0.178. The fourth-order valence-corrected chi connectivity index (χ4v) is 3.38. The Kier molecular flexibility index (Phi) is 5.14. The van der Waals surface area contributed by atoms with Crippen LogP contribution in [0.2, 0.25) is 5.02 Å². The molecule has 0 saturated heterocycles. The Morgan fingerprint density at radius 3 is 2.52 bits per heavy atom. The molecular formula is C23H18ClN3O2. The summed E-state index contributed by atoms with van der Waals surface area (Å²) in [4.78, 5) is 30.1. The van der Waals surface area contributed by atoms with Gasteiger partial charge >= 0.3 is 0 Å². The summed E-state index contributed by atoms with van der Waals surface area (Å²) in [6, 6.07) is 21.5. The number of aryl methyl sites for hydroxylation is 1. The van der Waals surface area contributed by atoms with Crippen molar-refractivity contribution in [2.75, 3.05) is 5.32 Å². The average Bonchev–Trinajstić information content (AvgIpc) is 2.73. The van der Waals surface area contributed by atoms with Gasteiger partial charge in [-0.2, -0.15) is 0 Å². The zero-order chi connectivity index (χ0) is 20.4. The number of anilines is 1. The average molecular weight is 404 g/mol. The zero-order valence-electron chi connectivity index (χ0n) is 15.7. The Hall–Kier alpha value is -3.44. The van der Waals surface area contributed by atoms with Gasteiger partial charge in [0.1, 0.15) is 5.82 Å². The number of hydrogen-bond acceptors (Lipinski definition) is 3. The molecule has 5 nitrogen and oxygen atoms in total. The Bertz CT molecular complexity index is 1270. The molecule has 0 aliphatic carbocycles. The van der Waals surface area contributed by atoms with Gasteiger partial charge in [0, 0.05) is 16.3 Å². The summed E-state index contributed by atoms with van der Waals surface area (Å²) in [5.41, 5.74) is 2.34. The highest BCUT2D eigenvalue weighted by Gasteiger charge is 2.12. The number of rotatable bonds is 4. The van der Waals surface area contributed by atoms with Crippen molar-refractivity contribution in [3.63, 3.8) is 0 Å². The van der Waals surface area contributed by atoms with E-state index in [-0.39, 0.29) is 11.5 Å². The van der Waals surface area contributed by atoms with Crippen LogP contribution in [0.1, 0.15) is 21.7 Å². The van der Waals surface area contributed by atoms with Crippen molar-refractivity contribution >= 4 is 34.1 Å². The molecule has 0 spiro atoms. The van der Waals surface area contributed by atoms with Gasteiger partial charge < -0.3 is 5.32 Å². The first-order valence-corrected chi connectivity index (χ1v) is 9.52. The lowest BCUT2D eigenvalue weighted by molar-refractivity contribution is 0.102. The van der Waals surface area contributed by atoms with E-state index in [9.17, 15) is 9.59 Å². The summed E-state index contributed by atoms with van der Waals surface area (Å²) in [5, 5.41) is 3.87. The summed E-state index contributed by atoms with van der Waals surface area (Å²) in [5.74, 6) is 0.366. The molecule has 4 aromatic rings.